The van der Waals surface area contributed by atoms with Crippen molar-refractivity contribution in [3.63, 3.8) is 0 Å². The van der Waals surface area contributed by atoms with Gasteiger partial charge < -0.3 is 9.94 Å². The van der Waals surface area contributed by atoms with Gasteiger partial charge in [0.2, 0.25) is 5.69 Å². The second-order valence-electron chi connectivity index (χ2n) is 2.92. The number of oxime groups is 1. The molecule has 1 aromatic rings. The fourth-order valence-corrected chi connectivity index (χ4v) is 1.12. The van der Waals surface area contributed by atoms with Crippen molar-refractivity contribution in [3.05, 3.63) is 29.6 Å². The molecule has 0 aromatic carbocycles. The Labute approximate surface area is 87.6 Å². The zero-order chi connectivity index (χ0) is 11.3. The van der Waals surface area contributed by atoms with Crippen LogP contribution in [0.1, 0.15) is 23.0 Å². The fourth-order valence-electron chi connectivity index (χ4n) is 1.12. The number of hydrogen-bond acceptors (Lipinski definition) is 4. The van der Waals surface area contributed by atoms with Gasteiger partial charge in [0.05, 0.1) is 12.2 Å². The highest BCUT2D eigenvalue weighted by Gasteiger charge is 2.12. The summed E-state index contributed by atoms with van der Waals surface area (Å²) in [4.78, 5) is 11.4. The molecule has 0 aliphatic rings. The number of carbonyl (C=O) groups is 1. The van der Waals surface area contributed by atoms with Gasteiger partial charge in [-0.3, -0.25) is 0 Å². The minimum Gasteiger partial charge on any atom is -0.462 e. The van der Waals surface area contributed by atoms with Gasteiger partial charge in [0.1, 0.15) is 13.3 Å². The molecule has 0 spiro atoms. The minimum absolute atomic E-state index is 0.337. The molecule has 0 bridgehead atoms. The molecule has 0 radical (unpaired) electrons. The summed E-state index contributed by atoms with van der Waals surface area (Å²) < 4.78 is 6.57. The van der Waals surface area contributed by atoms with Crippen LogP contribution in [0.15, 0.2) is 23.5 Å². The van der Waals surface area contributed by atoms with E-state index < -0.39 is 0 Å². The maximum atomic E-state index is 11.4. The van der Waals surface area contributed by atoms with Gasteiger partial charge >= 0.3 is 5.97 Å². The van der Waals surface area contributed by atoms with Crippen molar-refractivity contribution in [3.8, 4) is 0 Å². The van der Waals surface area contributed by atoms with E-state index in [1.165, 1.54) is 6.21 Å². The number of esters is 1. The third-order valence-electron chi connectivity index (χ3n) is 1.89. The number of nitrogens with zero attached hydrogens (tertiary/aromatic N) is 2. The normalized spacial score (nSPS) is 10.5. The molecular weight excluding hydrogens is 196 g/mol. The predicted octanol–water partition coefficient (Wildman–Crippen LogP) is 0.496. The number of aromatic nitrogens is 1. The highest BCUT2D eigenvalue weighted by Crippen LogP contribution is 2.01. The van der Waals surface area contributed by atoms with Crippen LogP contribution in [0.3, 0.4) is 0 Å². The van der Waals surface area contributed by atoms with E-state index >= 15 is 0 Å². The lowest BCUT2D eigenvalue weighted by molar-refractivity contribution is -0.672. The van der Waals surface area contributed by atoms with Crippen molar-refractivity contribution < 1.29 is 19.3 Å². The first kappa shape index (κ1) is 11.2. The molecule has 80 valence electrons. The molecule has 5 heteroatoms. The number of carbonyl (C=O) groups excluding carboxylic acids is 1. The third kappa shape index (κ3) is 2.77. The largest absolute Gasteiger partial charge is 0.462 e. The first-order chi connectivity index (χ1) is 7.19. The van der Waals surface area contributed by atoms with E-state index in [1.807, 2.05) is 0 Å². The molecule has 0 fully saturated rings. The van der Waals surface area contributed by atoms with Gasteiger partial charge in [0, 0.05) is 12.1 Å². The van der Waals surface area contributed by atoms with Crippen molar-refractivity contribution in [1.82, 2.24) is 0 Å². The van der Waals surface area contributed by atoms with Crippen LogP contribution in [0.25, 0.3) is 0 Å². The van der Waals surface area contributed by atoms with Crippen molar-refractivity contribution >= 4 is 12.2 Å². The summed E-state index contributed by atoms with van der Waals surface area (Å²) in [5, 5.41) is 11.3. The average molecular weight is 209 g/mol. The van der Waals surface area contributed by atoms with Crippen LogP contribution in [0.4, 0.5) is 0 Å². The zero-order valence-corrected chi connectivity index (χ0v) is 8.67. The maximum Gasteiger partial charge on any atom is 0.338 e. The molecule has 0 saturated carbocycles. The maximum absolute atomic E-state index is 11.4. The third-order valence-corrected chi connectivity index (χ3v) is 1.89. The number of ether oxygens (including phenoxy) is 1. The Morgan fingerprint density at radius 2 is 2.47 bits per heavy atom. The number of pyridine rings is 1. The topological polar surface area (TPSA) is 62.8 Å². The van der Waals surface area contributed by atoms with E-state index in [0.717, 1.165) is 0 Å². The Bertz CT molecular complexity index is 388. The minimum atomic E-state index is -0.384. The van der Waals surface area contributed by atoms with Crippen molar-refractivity contribution in [2.45, 2.75) is 6.92 Å². The van der Waals surface area contributed by atoms with Crippen LogP contribution in [0, 0.1) is 0 Å². The van der Waals surface area contributed by atoms with Crippen molar-refractivity contribution in [2.75, 3.05) is 6.61 Å². The highest BCUT2D eigenvalue weighted by atomic mass is 16.5. The summed E-state index contributed by atoms with van der Waals surface area (Å²) in [5.41, 5.74) is 1.05. The molecule has 1 aromatic heterocycles. The number of hydrogen-bond donors (Lipinski definition) is 1. The monoisotopic (exact) mass is 209 g/mol. The molecule has 0 unspecified atom stereocenters. The Balaban J connectivity index is 3.01. The van der Waals surface area contributed by atoms with E-state index in [9.17, 15) is 4.79 Å². The van der Waals surface area contributed by atoms with Gasteiger partial charge in [-0.25, -0.2) is 9.36 Å². The van der Waals surface area contributed by atoms with Gasteiger partial charge in [-0.15, -0.1) is 0 Å². The second-order valence-corrected chi connectivity index (χ2v) is 2.92. The lowest BCUT2D eigenvalue weighted by Gasteiger charge is -2.01. The lowest BCUT2D eigenvalue weighted by Crippen LogP contribution is -2.33. The first-order valence-electron chi connectivity index (χ1n) is 4.53. The summed E-state index contributed by atoms with van der Waals surface area (Å²) in [7, 11) is 1.78. The SMILES string of the molecule is CCOC(=O)c1cc[n+](C)c(/C=N/O)c1. The molecule has 1 N–H and O–H groups in total. The molecule has 1 heterocycles. The van der Waals surface area contributed by atoms with E-state index in [1.54, 1.807) is 36.9 Å². The Kier molecular flexibility index (Phi) is 3.79. The van der Waals surface area contributed by atoms with Crippen LogP contribution >= 0.6 is 0 Å². The summed E-state index contributed by atoms with van der Waals surface area (Å²) in [6.07, 6.45) is 2.95. The lowest BCUT2D eigenvalue weighted by atomic mass is 10.2. The summed E-state index contributed by atoms with van der Waals surface area (Å²) in [6.45, 7) is 2.08. The summed E-state index contributed by atoms with van der Waals surface area (Å²) >= 11 is 0. The van der Waals surface area contributed by atoms with Gasteiger partial charge in [-0.05, 0) is 6.92 Å². The van der Waals surface area contributed by atoms with E-state index in [2.05, 4.69) is 5.16 Å². The average Bonchev–Trinajstić information content (AvgIpc) is 2.22. The Morgan fingerprint density at radius 3 is 3.07 bits per heavy atom. The van der Waals surface area contributed by atoms with Gasteiger partial charge in [-0.1, -0.05) is 5.16 Å². The van der Waals surface area contributed by atoms with Crippen LogP contribution in [-0.2, 0) is 11.8 Å². The fraction of sp³-hybridized carbons (Fsp3) is 0.300. The van der Waals surface area contributed by atoms with Gasteiger partial charge in [0.25, 0.3) is 0 Å². The molecule has 1 rings (SSSR count). The standard InChI is InChI=1S/C10H12N2O3/c1-3-15-10(13)8-4-5-12(2)9(6-8)7-11-14/h4-7H,3H2,1-2H3/p+1. The van der Waals surface area contributed by atoms with E-state index in [4.69, 9.17) is 9.94 Å². The van der Waals surface area contributed by atoms with Crippen molar-refractivity contribution in [2.24, 2.45) is 12.2 Å². The molecule has 0 saturated heterocycles. The summed E-state index contributed by atoms with van der Waals surface area (Å²) in [6, 6.07) is 3.24. The quantitative estimate of drug-likeness (QED) is 0.259. The Hall–Kier alpha value is -1.91. The number of rotatable bonds is 3. The van der Waals surface area contributed by atoms with Crippen LogP contribution < -0.4 is 4.57 Å². The predicted molar refractivity (Wildman–Crippen MR) is 53.0 cm³/mol. The van der Waals surface area contributed by atoms with Crippen LogP contribution in [-0.4, -0.2) is 24.0 Å². The molecule has 0 aliphatic heterocycles. The first-order valence-corrected chi connectivity index (χ1v) is 4.53. The smallest absolute Gasteiger partial charge is 0.338 e. The molecule has 15 heavy (non-hydrogen) atoms. The Morgan fingerprint density at radius 1 is 1.73 bits per heavy atom. The van der Waals surface area contributed by atoms with Crippen LogP contribution in [0.5, 0.6) is 0 Å². The van der Waals surface area contributed by atoms with Gasteiger partial charge in [0.15, 0.2) is 6.20 Å². The zero-order valence-electron chi connectivity index (χ0n) is 8.67. The van der Waals surface area contributed by atoms with Gasteiger partial charge in [-0.2, -0.15) is 0 Å². The molecular formula is C10H13N2O3+. The molecule has 5 nitrogen and oxygen atoms in total. The number of aryl methyl sites for hydroxylation is 1. The van der Waals surface area contributed by atoms with E-state index in [-0.39, 0.29) is 5.97 Å². The summed E-state index contributed by atoms with van der Waals surface area (Å²) in [5.74, 6) is -0.384. The molecule has 0 amide bonds. The van der Waals surface area contributed by atoms with Crippen molar-refractivity contribution in [1.29, 1.82) is 0 Å². The molecule has 0 atom stereocenters. The van der Waals surface area contributed by atoms with Crippen LogP contribution in [0.2, 0.25) is 0 Å². The highest BCUT2D eigenvalue weighted by molar-refractivity contribution is 5.90. The second kappa shape index (κ2) is 5.09. The van der Waals surface area contributed by atoms with E-state index in [0.29, 0.717) is 17.9 Å². The molecule has 0 aliphatic carbocycles.